The summed E-state index contributed by atoms with van der Waals surface area (Å²) in [5.74, 6) is -0.990. The molecule has 1 aromatic carbocycles. The van der Waals surface area contributed by atoms with E-state index in [0.29, 0.717) is 35.4 Å². The number of aromatic nitrogens is 1. The number of hydrogen-bond acceptors (Lipinski definition) is 9. The maximum absolute atomic E-state index is 13.3. The molecular formula is C30H34N2O8. The van der Waals surface area contributed by atoms with Crippen molar-refractivity contribution in [3.05, 3.63) is 58.9 Å². The topological polar surface area (TPSA) is 141 Å². The average molecular weight is 551 g/mol. The van der Waals surface area contributed by atoms with Crippen LogP contribution < -0.4 is 5.32 Å². The maximum Gasteiger partial charge on any atom is 0.511 e. The van der Waals surface area contributed by atoms with Crippen LogP contribution in [0.2, 0.25) is 0 Å². The van der Waals surface area contributed by atoms with E-state index in [2.05, 4.69) is 16.9 Å². The zero-order chi connectivity index (χ0) is 28.6. The van der Waals surface area contributed by atoms with Gasteiger partial charge >= 0.3 is 12.1 Å². The van der Waals surface area contributed by atoms with Crippen LogP contribution in [0.5, 0.6) is 0 Å². The van der Waals surface area contributed by atoms with Crippen molar-refractivity contribution in [2.24, 2.45) is 5.92 Å². The zero-order valence-electron chi connectivity index (χ0n) is 22.5. The van der Waals surface area contributed by atoms with E-state index in [0.717, 1.165) is 44.9 Å². The molecule has 2 N–H and O–H groups in total. The molecule has 212 valence electrons. The van der Waals surface area contributed by atoms with Gasteiger partial charge in [-0.1, -0.05) is 19.1 Å². The SMILES string of the molecule is C=Cc1cc(C=O)c(-c2ccc(C(=O)NCC3CC3)nc2C(=O)OC(C)OC(=O)OC2CCCCC2)cc1CO. The number of esters is 1. The Labute approximate surface area is 232 Å². The summed E-state index contributed by atoms with van der Waals surface area (Å²) in [6.45, 7) is 5.25. The predicted molar refractivity (Wildman–Crippen MR) is 145 cm³/mol. The Hall–Kier alpha value is -4.05. The monoisotopic (exact) mass is 550 g/mol. The molecule has 1 aromatic heterocycles. The summed E-state index contributed by atoms with van der Waals surface area (Å²) < 4.78 is 15.8. The minimum absolute atomic E-state index is 0.0145. The number of benzene rings is 1. The number of carbonyl (C=O) groups excluding carboxylic acids is 4. The van der Waals surface area contributed by atoms with Gasteiger partial charge in [0.15, 0.2) is 12.0 Å². The summed E-state index contributed by atoms with van der Waals surface area (Å²) >= 11 is 0. The van der Waals surface area contributed by atoms with E-state index in [-0.39, 0.29) is 35.2 Å². The molecule has 2 fully saturated rings. The number of rotatable bonds is 11. The summed E-state index contributed by atoms with van der Waals surface area (Å²) in [5.41, 5.74) is 1.48. The normalized spacial score (nSPS) is 15.9. The van der Waals surface area contributed by atoms with Crippen LogP contribution in [0.1, 0.15) is 94.3 Å². The van der Waals surface area contributed by atoms with E-state index in [1.165, 1.54) is 25.1 Å². The smallest absolute Gasteiger partial charge is 0.431 e. The van der Waals surface area contributed by atoms with Crippen LogP contribution in [0, 0.1) is 5.92 Å². The van der Waals surface area contributed by atoms with Gasteiger partial charge in [-0.3, -0.25) is 9.59 Å². The molecule has 0 radical (unpaired) electrons. The van der Waals surface area contributed by atoms with Gasteiger partial charge in [-0.2, -0.15) is 0 Å². The molecule has 0 spiro atoms. The first-order chi connectivity index (χ1) is 19.3. The summed E-state index contributed by atoms with van der Waals surface area (Å²) in [6, 6.07) is 6.04. The molecule has 10 heteroatoms. The molecule has 2 aliphatic rings. The molecule has 4 rings (SSSR count). The quantitative estimate of drug-likeness (QED) is 0.229. The van der Waals surface area contributed by atoms with Crippen molar-refractivity contribution in [3.8, 4) is 11.1 Å². The van der Waals surface area contributed by atoms with Crippen LogP contribution in [0.4, 0.5) is 4.79 Å². The first-order valence-corrected chi connectivity index (χ1v) is 13.6. The number of ether oxygens (including phenoxy) is 3. The second-order valence-electron chi connectivity index (χ2n) is 10.1. The highest BCUT2D eigenvalue weighted by Gasteiger charge is 2.27. The number of amides is 1. The minimum Gasteiger partial charge on any atom is -0.431 e. The number of aliphatic hydroxyl groups excluding tert-OH is 1. The standard InChI is InChI=1S/C30H34N2O8/c1-3-20-13-22(17-34)25(14-21(20)16-33)24-11-12-26(28(35)31-15-19-9-10-19)32-27(24)29(36)38-18(2)39-30(37)40-23-7-5-4-6-8-23/h3,11-14,17-19,23,33H,1,4-10,15-16H2,2H3,(H,31,35). The highest BCUT2D eigenvalue weighted by atomic mass is 16.8. The summed E-state index contributed by atoms with van der Waals surface area (Å²) in [7, 11) is 0. The number of hydrogen-bond donors (Lipinski definition) is 2. The molecule has 2 aromatic rings. The molecule has 10 nitrogen and oxygen atoms in total. The molecule has 1 unspecified atom stereocenters. The molecule has 2 aliphatic carbocycles. The molecule has 1 atom stereocenters. The Balaban J connectivity index is 1.61. The second-order valence-corrected chi connectivity index (χ2v) is 10.1. The van der Waals surface area contributed by atoms with Crippen LogP contribution in [-0.2, 0) is 20.8 Å². The fraction of sp³-hybridized carbons (Fsp3) is 0.433. The Bertz CT molecular complexity index is 1280. The van der Waals surface area contributed by atoms with Gasteiger partial charge in [-0.25, -0.2) is 14.6 Å². The van der Waals surface area contributed by atoms with Gasteiger partial charge in [-0.05, 0) is 85.4 Å². The third-order valence-electron chi connectivity index (χ3n) is 7.04. The maximum atomic E-state index is 13.3. The van der Waals surface area contributed by atoms with Gasteiger partial charge in [0.2, 0.25) is 6.29 Å². The molecule has 2 saturated carbocycles. The zero-order valence-corrected chi connectivity index (χ0v) is 22.5. The number of pyridine rings is 1. The van der Waals surface area contributed by atoms with Crippen molar-refractivity contribution >= 4 is 30.4 Å². The lowest BCUT2D eigenvalue weighted by Gasteiger charge is -2.22. The van der Waals surface area contributed by atoms with Gasteiger partial charge in [0.25, 0.3) is 5.91 Å². The first-order valence-electron chi connectivity index (χ1n) is 13.6. The highest BCUT2D eigenvalue weighted by Crippen LogP contribution is 2.31. The largest absolute Gasteiger partial charge is 0.511 e. The van der Waals surface area contributed by atoms with E-state index < -0.39 is 24.3 Å². The molecule has 0 bridgehead atoms. The summed E-state index contributed by atoms with van der Waals surface area (Å²) in [4.78, 5) is 54.6. The van der Waals surface area contributed by atoms with Gasteiger partial charge < -0.3 is 24.6 Å². The average Bonchev–Trinajstić information content (AvgIpc) is 3.79. The number of nitrogens with zero attached hydrogens (tertiary/aromatic N) is 1. The van der Waals surface area contributed by atoms with Crippen LogP contribution in [0.3, 0.4) is 0 Å². The van der Waals surface area contributed by atoms with Crippen LogP contribution in [-0.4, -0.2) is 53.3 Å². The Kier molecular flexibility index (Phi) is 9.65. The molecule has 1 amide bonds. The van der Waals surface area contributed by atoms with E-state index in [4.69, 9.17) is 14.2 Å². The third-order valence-corrected chi connectivity index (χ3v) is 7.04. The summed E-state index contributed by atoms with van der Waals surface area (Å²) in [5, 5.41) is 12.7. The van der Waals surface area contributed by atoms with Gasteiger partial charge in [0.05, 0.1) is 6.61 Å². The van der Waals surface area contributed by atoms with Crippen LogP contribution in [0.15, 0.2) is 30.8 Å². The molecule has 0 saturated heterocycles. The molecule has 40 heavy (non-hydrogen) atoms. The van der Waals surface area contributed by atoms with Gasteiger partial charge in [0.1, 0.15) is 11.8 Å². The fourth-order valence-electron chi connectivity index (χ4n) is 4.66. The predicted octanol–water partition coefficient (Wildman–Crippen LogP) is 4.82. The van der Waals surface area contributed by atoms with E-state index in [1.54, 1.807) is 12.1 Å². The van der Waals surface area contributed by atoms with Crippen LogP contribution >= 0.6 is 0 Å². The number of nitrogens with one attached hydrogen (secondary N) is 1. The number of aldehydes is 1. The molecular weight excluding hydrogens is 516 g/mol. The molecule has 0 aliphatic heterocycles. The van der Waals surface area contributed by atoms with Crippen LogP contribution in [0.25, 0.3) is 17.2 Å². The lowest BCUT2D eigenvalue weighted by molar-refractivity contribution is -0.0917. The molecule has 1 heterocycles. The highest BCUT2D eigenvalue weighted by molar-refractivity contribution is 6.01. The minimum atomic E-state index is -1.31. The first kappa shape index (κ1) is 28.9. The number of aliphatic hydroxyl groups is 1. The lowest BCUT2D eigenvalue weighted by atomic mass is 9.93. The van der Waals surface area contributed by atoms with Crippen molar-refractivity contribution in [2.75, 3.05) is 6.54 Å². The number of carbonyl (C=O) groups is 4. The van der Waals surface area contributed by atoms with Crippen molar-refractivity contribution in [1.29, 1.82) is 0 Å². The van der Waals surface area contributed by atoms with Crippen molar-refractivity contribution in [2.45, 2.75) is 70.9 Å². The van der Waals surface area contributed by atoms with Crippen molar-refractivity contribution in [1.82, 2.24) is 10.3 Å². The summed E-state index contributed by atoms with van der Waals surface area (Å²) in [6.07, 6.45) is 6.28. The van der Waals surface area contributed by atoms with Gasteiger partial charge in [-0.15, -0.1) is 0 Å². The van der Waals surface area contributed by atoms with E-state index in [1.807, 2.05) is 0 Å². The van der Waals surface area contributed by atoms with Crippen molar-refractivity contribution in [3.63, 3.8) is 0 Å². The van der Waals surface area contributed by atoms with Gasteiger partial charge in [0, 0.05) is 24.6 Å². The Morgan fingerprint density at radius 2 is 1.82 bits per heavy atom. The van der Waals surface area contributed by atoms with Crippen molar-refractivity contribution < 1.29 is 38.5 Å². The Morgan fingerprint density at radius 3 is 2.48 bits per heavy atom. The lowest BCUT2D eigenvalue weighted by Crippen LogP contribution is -2.28. The Morgan fingerprint density at radius 1 is 1.07 bits per heavy atom. The van der Waals surface area contributed by atoms with E-state index in [9.17, 15) is 24.3 Å². The second kappa shape index (κ2) is 13.3. The fourth-order valence-corrected chi connectivity index (χ4v) is 4.66. The third kappa shape index (κ3) is 7.32. The van der Waals surface area contributed by atoms with E-state index >= 15 is 0 Å².